The first-order chi connectivity index (χ1) is 26.3. The van der Waals surface area contributed by atoms with Crippen LogP contribution in [0.25, 0.3) is 0 Å². The second-order valence-electron chi connectivity index (χ2n) is 13.0. The van der Waals surface area contributed by atoms with Crippen molar-refractivity contribution in [2.45, 2.75) is 0 Å². The average Bonchev–Trinajstić information content (AvgIpc) is 3.26. The molecule has 0 nitrogen and oxygen atoms in total. The molecule has 0 heterocycles. The third-order valence-electron chi connectivity index (χ3n) is 10.1. The second kappa shape index (κ2) is 16.3. The molecule has 8 aromatic rings. The topological polar surface area (TPSA) is 0 Å². The van der Waals surface area contributed by atoms with Gasteiger partial charge in [0.2, 0.25) is 0 Å². The number of halogens is 4. The van der Waals surface area contributed by atoms with Crippen molar-refractivity contribution in [3.8, 4) is 0 Å². The molecule has 0 unspecified atom stereocenters. The standard InChI is InChI=1S/C24H19BrClP.C24H19ClIP/c25-27(21-10-4-1-5-11-21,22-12-6-2-7-13-22,23-14-8-3-9-15-23)24-18-16-20(26)17-19-24;25-20-16-18-24(19-17-20)27(26,21-10-4-1-5-11-21,22-12-6-2-7-13-22)23-14-8-3-9-15-23/h2*1-19H. The maximum absolute atomic E-state index is 6.26. The number of hydrogen-bond acceptors (Lipinski definition) is 0. The van der Waals surface area contributed by atoms with Crippen LogP contribution in [0.1, 0.15) is 0 Å². The van der Waals surface area contributed by atoms with E-state index in [1.54, 1.807) is 0 Å². The second-order valence-corrected chi connectivity index (χ2v) is 32.1. The summed E-state index contributed by atoms with van der Waals surface area (Å²) in [5.74, 6) is 0. The molecule has 0 fully saturated rings. The van der Waals surface area contributed by atoms with E-state index in [2.05, 4.69) is 244 Å². The van der Waals surface area contributed by atoms with E-state index in [4.69, 9.17) is 23.2 Å². The summed E-state index contributed by atoms with van der Waals surface area (Å²) in [5, 5.41) is 8.76. The summed E-state index contributed by atoms with van der Waals surface area (Å²) in [6.07, 6.45) is 0. The molecule has 8 aromatic carbocycles. The van der Waals surface area contributed by atoms with Gasteiger partial charge in [-0.25, -0.2) is 0 Å². The van der Waals surface area contributed by atoms with E-state index in [1.165, 1.54) is 42.4 Å². The summed E-state index contributed by atoms with van der Waals surface area (Å²) in [6.45, 7) is 0. The fourth-order valence-corrected chi connectivity index (χ4v) is 23.8. The fraction of sp³-hybridized carbons (Fsp3) is 0. The van der Waals surface area contributed by atoms with Gasteiger partial charge < -0.3 is 0 Å². The van der Waals surface area contributed by atoms with Crippen LogP contribution in [0.3, 0.4) is 0 Å². The van der Waals surface area contributed by atoms with Crippen molar-refractivity contribution in [1.82, 2.24) is 0 Å². The molecule has 0 aromatic heterocycles. The first-order valence-corrected chi connectivity index (χ1v) is 27.6. The van der Waals surface area contributed by atoms with Crippen LogP contribution in [0.2, 0.25) is 10.0 Å². The van der Waals surface area contributed by atoms with Crippen LogP contribution in [0.15, 0.2) is 231 Å². The molecule has 0 bridgehead atoms. The molecule has 0 atom stereocenters. The van der Waals surface area contributed by atoms with Gasteiger partial charge in [0, 0.05) is 0 Å². The molecular formula is C48H38BrCl2IP2. The molecule has 0 spiro atoms. The minimum atomic E-state index is -3.09. The molecule has 0 aliphatic rings. The van der Waals surface area contributed by atoms with Gasteiger partial charge in [-0.05, 0) is 0 Å². The molecule has 0 amide bonds. The van der Waals surface area contributed by atoms with Crippen LogP contribution < -0.4 is 42.4 Å². The van der Waals surface area contributed by atoms with Crippen molar-refractivity contribution >= 4 is 113 Å². The molecule has 0 aliphatic carbocycles. The van der Waals surface area contributed by atoms with Gasteiger partial charge in [0.1, 0.15) is 0 Å². The molecular weight excluding hydrogens is 916 g/mol. The summed E-state index contributed by atoms with van der Waals surface area (Å²) in [7, 11) is 0. The van der Waals surface area contributed by atoms with Crippen LogP contribution in [0, 0.1) is 0 Å². The quantitative estimate of drug-likeness (QED) is 0.105. The number of benzene rings is 8. The Morgan fingerprint density at radius 2 is 0.463 bits per heavy atom. The van der Waals surface area contributed by atoms with E-state index in [0.717, 1.165) is 10.0 Å². The molecule has 6 heteroatoms. The Kier molecular flexibility index (Phi) is 11.6. The maximum atomic E-state index is 6.26. The average molecular weight is 954 g/mol. The molecule has 268 valence electrons. The monoisotopic (exact) mass is 952 g/mol. The van der Waals surface area contributed by atoms with Crippen molar-refractivity contribution in [1.29, 1.82) is 0 Å². The van der Waals surface area contributed by atoms with Gasteiger partial charge >= 0.3 is 353 Å². The number of rotatable bonds is 8. The Balaban J connectivity index is 0.000000167. The Bertz CT molecular complexity index is 2040. The van der Waals surface area contributed by atoms with Gasteiger partial charge in [-0.2, -0.15) is 0 Å². The first kappa shape index (κ1) is 38.7. The summed E-state index contributed by atoms with van der Waals surface area (Å²) in [6, 6.07) is 81.5. The van der Waals surface area contributed by atoms with Crippen LogP contribution in [-0.4, -0.2) is 0 Å². The third kappa shape index (κ3) is 6.60. The predicted molar refractivity (Wildman–Crippen MR) is 255 cm³/mol. The van der Waals surface area contributed by atoms with Crippen molar-refractivity contribution in [3.05, 3.63) is 241 Å². The first-order valence-electron chi connectivity index (χ1n) is 17.6. The Labute approximate surface area is 350 Å². The zero-order valence-electron chi connectivity index (χ0n) is 29.3. The molecule has 54 heavy (non-hydrogen) atoms. The fourth-order valence-electron chi connectivity index (χ4n) is 7.48. The van der Waals surface area contributed by atoms with E-state index in [0.29, 0.717) is 0 Å². The Hall–Kier alpha value is -3.59. The van der Waals surface area contributed by atoms with Crippen molar-refractivity contribution < 1.29 is 0 Å². The molecule has 0 N–H and O–H groups in total. The summed E-state index contributed by atoms with van der Waals surface area (Å²) < 4.78 is -2.93. The van der Waals surface area contributed by atoms with Gasteiger partial charge in [0.25, 0.3) is 0 Å². The van der Waals surface area contributed by atoms with E-state index >= 15 is 0 Å². The van der Waals surface area contributed by atoms with Crippen molar-refractivity contribution in [2.75, 3.05) is 0 Å². The summed E-state index contributed by atoms with van der Waals surface area (Å²) >= 11 is 19.7. The zero-order chi connectivity index (χ0) is 37.5. The van der Waals surface area contributed by atoms with E-state index in [9.17, 15) is 0 Å². The van der Waals surface area contributed by atoms with E-state index in [-0.39, 0.29) is 0 Å². The third-order valence-corrected chi connectivity index (χ3v) is 32.3. The van der Waals surface area contributed by atoms with E-state index in [1.807, 2.05) is 24.3 Å². The molecule has 0 radical (unpaired) electrons. The minimum absolute atomic E-state index is 0.741. The van der Waals surface area contributed by atoms with Crippen LogP contribution in [-0.2, 0) is 0 Å². The summed E-state index contributed by atoms with van der Waals surface area (Å²) in [4.78, 5) is 0. The van der Waals surface area contributed by atoms with Crippen LogP contribution in [0.4, 0.5) is 0 Å². The SMILES string of the molecule is Clc1ccc(P(Br)(c2ccccc2)(c2ccccc2)c2ccccc2)cc1.Clc1ccc(P(I)(c2ccccc2)(c2ccccc2)c2ccccc2)cc1. The normalized spacial score (nSPS) is 12.9. The molecule has 0 saturated heterocycles. The number of hydrogen-bond donors (Lipinski definition) is 0. The Morgan fingerprint density at radius 1 is 0.278 bits per heavy atom. The van der Waals surface area contributed by atoms with Crippen LogP contribution in [0.5, 0.6) is 0 Å². The van der Waals surface area contributed by atoms with Crippen molar-refractivity contribution in [3.63, 3.8) is 0 Å². The predicted octanol–water partition coefficient (Wildman–Crippen LogP) is 11.7. The molecule has 0 aliphatic heterocycles. The van der Waals surface area contributed by atoms with Gasteiger partial charge in [-0.1, -0.05) is 0 Å². The molecule has 8 rings (SSSR count). The van der Waals surface area contributed by atoms with Gasteiger partial charge in [0.15, 0.2) is 0 Å². The zero-order valence-corrected chi connectivity index (χ0v) is 36.4. The molecule has 0 saturated carbocycles. The van der Waals surface area contributed by atoms with Crippen LogP contribution >= 0.6 is 70.3 Å². The van der Waals surface area contributed by atoms with Gasteiger partial charge in [0.05, 0.1) is 0 Å². The van der Waals surface area contributed by atoms with E-state index < -0.39 is 9.55 Å². The van der Waals surface area contributed by atoms with Crippen molar-refractivity contribution in [2.24, 2.45) is 0 Å². The Morgan fingerprint density at radius 3 is 0.722 bits per heavy atom. The summed E-state index contributed by atoms with van der Waals surface area (Å²) in [5.41, 5.74) is 0. The van der Waals surface area contributed by atoms with Gasteiger partial charge in [-0.3, -0.25) is 0 Å². The van der Waals surface area contributed by atoms with Gasteiger partial charge in [-0.15, -0.1) is 0 Å².